The number of hydrogen-bond donors (Lipinski definition) is 2. The van der Waals surface area contributed by atoms with E-state index in [0.717, 1.165) is 5.56 Å². The first kappa shape index (κ1) is 20.8. The molecule has 0 saturated carbocycles. The fourth-order valence-corrected chi connectivity index (χ4v) is 2.79. The number of anilines is 1. The van der Waals surface area contributed by atoms with Gasteiger partial charge in [-0.15, -0.1) is 0 Å². The molecule has 0 spiro atoms. The maximum Gasteiger partial charge on any atom is 0.356 e. The van der Waals surface area contributed by atoms with Crippen LogP contribution in [-0.4, -0.2) is 53.7 Å². The van der Waals surface area contributed by atoms with Gasteiger partial charge in [0.2, 0.25) is 0 Å². The van der Waals surface area contributed by atoms with Gasteiger partial charge in [-0.2, -0.15) is 15.3 Å². The molecule has 0 aliphatic heterocycles. The van der Waals surface area contributed by atoms with Gasteiger partial charge in [0, 0.05) is 45.5 Å². The van der Waals surface area contributed by atoms with E-state index >= 15 is 0 Å². The average Bonchev–Trinajstić information content (AvgIpc) is 3.39. The molecule has 0 unspecified atom stereocenters. The minimum Gasteiger partial charge on any atom is -0.461 e. The number of aromatic nitrogens is 6. The molecule has 0 aliphatic carbocycles. The Labute approximate surface area is 171 Å². The lowest BCUT2D eigenvalue weighted by molar-refractivity contribution is 0.0513. The largest absolute Gasteiger partial charge is 0.461 e. The summed E-state index contributed by atoms with van der Waals surface area (Å²) in [6.07, 6.45) is 4.80. The number of rotatable bonds is 7. The van der Waals surface area contributed by atoms with Gasteiger partial charge in [-0.3, -0.25) is 23.6 Å². The molecule has 0 aliphatic rings. The molecule has 2 N–H and O–H groups in total. The van der Waals surface area contributed by atoms with Gasteiger partial charge in [-0.05, 0) is 6.92 Å². The van der Waals surface area contributed by atoms with Gasteiger partial charge in [-0.25, -0.2) is 4.79 Å². The summed E-state index contributed by atoms with van der Waals surface area (Å²) in [6.45, 7) is 2.16. The highest BCUT2D eigenvalue weighted by atomic mass is 16.5. The predicted molar refractivity (Wildman–Crippen MR) is 105 cm³/mol. The second kappa shape index (κ2) is 8.59. The van der Waals surface area contributed by atoms with Crippen molar-refractivity contribution in [2.45, 2.75) is 13.5 Å². The first-order valence-corrected chi connectivity index (χ1v) is 9.10. The third-order valence-corrected chi connectivity index (χ3v) is 4.21. The Bertz CT molecular complexity index is 1090. The summed E-state index contributed by atoms with van der Waals surface area (Å²) >= 11 is 0. The third-order valence-electron chi connectivity index (χ3n) is 4.21. The van der Waals surface area contributed by atoms with Crippen LogP contribution >= 0.6 is 0 Å². The van der Waals surface area contributed by atoms with E-state index in [0.29, 0.717) is 0 Å². The Balaban J connectivity index is 1.73. The van der Waals surface area contributed by atoms with Crippen molar-refractivity contribution in [2.75, 3.05) is 11.9 Å². The Kier molecular flexibility index (Phi) is 5.95. The second-order valence-corrected chi connectivity index (χ2v) is 6.45. The van der Waals surface area contributed by atoms with Crippen molar-refractivity contribution >= 4 is 23.5 Å². The zero-order valence-corrected chi connectivity index (χ0v) is 17.0. The van der Waals surface area contributed by atoms with Crippen LogP contribution in [0.5, 0.6) is 0 Å². The van der Waals surface area contributed by atoms with E-state index < -0.39 is 17.8 Å². The van der Waals surface area contributed by atoms with Crippen LogP contribution in [0.25, 0.3) is 0 Å². The summed E-state index contributed by atoms with van der Waals surface area (Å²) in [5.41, 5.74) is 1.37. The number of ether oxygens (including phenoxy) is 1. The molecule has 0 atom stereocenters. The molecule has 3 heterocycles. The number of hydrogen-bond acceptors (Lipinski definition) is 7. The second-order valence-electron chi connectivity index (χ2n) is 6.45. The molecule has 30 heavy (non-hydrogen) atoms. The van der Waals surface area contributed by atoms with Crippen molar-refractivity contribution in [3.63, 3.8) is 0 Å². The minimum atomic E-state index is -0.588. The monoisotopic (exact) mass is 414 g/mol. The Morgan fingerprint density at radius 3 is 2.50 bits per heavy atom. The molecule has 0 radical (unpaired) electrons. The summed E-state index contributed by atoms with van der Waals surface area (Å²) in [4.78, 5) is 37.2. The van der Waals surface area contributed by atoms with Gasteiger partial charge < -0.3 is 15.4 Å². The first-order chi connectivity index (χ1) is 14.3. The van der Waals surface area contributed by atoms with E-state index in [1.807, 2.05) is 0 Å². The Hall–Kier alpha value is -3.96. The molecule has 3 aromatic heterocycles. The summed E-state index contributed by atoms with van der Waals surface area (Å²) in [7, 11) is 4.91. The van der Waals surface area contributed by atoms with Crippen molar-refractivity contribution in [2.24, 2.45) is 21.1 Å². The molecule has 12 nitrogen and oxygen atoms in total. The predicted octanol–water partition coefficient (Wildman–Crippen LogP) is 0.246. The smallest absolute Gasteiger partial charge is 0.356 e. The van der Waals surface area contributed by atoms with Crippen molar-refractivity contribution < 1.29 is 19.1 Å². The van der Waals surface area contributed by atoms with Gasteiger partial charge in [0.25, 0.3) is 11.8 Å². The molecule has 0 saturated heterocycles. The number of carbonyl (C=O) groups excluding carboxylic acids is 3. The molecule has 158 valence electrons. The third kappa shape index (κ3) is 4.37. The SMILES string of the molecule is CCOC(=O)c1cc(C(=O)Nc2cnn(C)c2C(=O)NCc2cnn(C)c2)nn1C. The zero-order chi connectivity index (χ0) is 21.8. The fraction of sp³-hybridized carbons (Fsp3) is 0.333. The first-order valence-electron chi connectivity index (χ1n) is 9.10. The lowest BCUT2D eigenvalue weighted by Gasteiger charge is -2.07. The van der Waals surface area contributed by atoms with Gasteiger partial charge >= 0.3 is 5.97 Å². The molecule has 0 aromatic carbocycles. The van der Waals surface area contributed by atoms with Crippen LogP contribution in [0.1, 0.15) is 44.0 Å². The molecular formula is C18H22N8O4. The molecule has 12 heteroatoms. The van der Waals surface area contributed by atoms with Gasteiger partial charge in [0.05, 0.1) is 24.7 Å². The number of esters is 1. The standard InChI is InChI=1S/C18H22N8O4/c1-5-30-18(29)14-6-12(23-25(14)3)16(27)22-13-9-21-26(4)15(13)17(28)19-7-11-8-20-24(2)10-11/h6,8-10H,5,7H2,1-4H3,(H,19,28)(H,22,27). The van der Waals surface area contributed by atoms with Crippen LogP contribution in [0.2, 0.25) is 0 Å². The lowest BCUT2D eigenvalue weighted by Crippen LogP contribution is -2.26. The molecular weight excluding hydrogens is 392 g/mol. The van der Waals surface area contributed by atoms with Crippen LogP contribution in [0.15, 0.2) is 24.7 Å². The maximum atomic E-state index is 12.6. The molecule has 3 rings (SSSR count). The van der Waals surface area contributed by atoms with E-state index in [2.05, 4.69) is 25.9 Å². The average molecular weight is 414 g/mol. The van der Waals surface area contributed by atoms with E-state index in [4.69, 9.17) is 4.74 Å². The molecule has 2 amide bonds. The molecule has 0 fully saturated rings. The van der Waals surface area contributed by atoms with Crippen LogP contribution < -0.4 is 10.6 Å². The quantitative estimate of drug-likeness (QED) is 0.528. The Morgan fingerprint density at radius 2 is 1.83 bits per heavy atom. The number of nitrogens with zero attached hydrogens (tertiary/aromatic N) is 6. The van der Waals surface area contributed by atoms with Crippen molar-refractivity contribution in [1.82, 2.24) is 34.7 Å². The van der Waals surface area contributed by atoms with Crippen molar-refractivity contribution in [3.05, 3.63) is 47.3 Å². The highest BCUT2D eigenvalue weighted by Crippen LogP contribution is 2.16. The van der Waals surface area contributed by atoms with Gasteiger partial charge in [-0.1, -0.05) is 0 Å². The normalized spacial score (nSPS) is 10.7. The van der Waals surface area contributed by atoms with Crippen molar-refractivity contribution in [3.8, 4) is 0 Å². The van der Waals surface area contributed by atoms with E-state index in [9.17, 15) is 14.4 Å². The lowest BCUT2D eigenvalue weighted by atomic mass is 10.3. The van der Waals surface area contributed by atoms with Gasteiger partial charge in [0.1, 0.15) is 11.4 Å². The topological polar surface area (TPSA) is 138 Å². The number of amides is 2. The zero-order valence-electron chi connectivity index (χ0n) is 17.0. The maximum absolute atomic E-state index is 12.6. The summed E-state index contributed by atoms with van der Waals surface area (Å²) in [6, 6.07) is 1.33. The summed E-state index contributed by atoms with van der Waals surface area (Å²) < 4.78 is 9.19. The Morgan fingerprint density at radius 1 is 1.07 bits per heavy atom. The van der Waals surface area contributed by atoms with Gasteiger partial charge in [0.15, 0.2) is 5.69 Å². The number of carbonyl (C=O) groups is 3. The number of nitrogens with one attached hydrogen (secondary N) is 2. The molecule has 0 bridgehead atoms. The minimum absolute atomic E-state index is 0.00567. The van der Waals surface area contributed by atoms with Crippen molar-refractivity contribution in [1.29, 1.82) is 0 Å². The van der Waals surface area contributed by atoms with E-state index in [1.165, 1.54) is 28.7 Å². The fourth-order valence-electron chi connectivity index (χ4n) is 2.79. The van der Waals surface area contributed by atoms with E-state index in [-0.39, 0.29) is 35.9 Å². The highest BCUT2D eigenvalue weighted by Gasteiger charge is 2.22. The van der Waals surface area contributed by atoms with Crippen LogP contribution in [0.4, 0.5) is 5.69 Å². The summed E-state index contributed by atoms with van der Waals surface area (Å²) in [5.74, 6) is -1.58. The number of aryl methyl sites for hydroxylation is 3. The van der Waals surface area contributed by atoms with Crippen LogP contribution in [0.3, 0.4) is 0 Å². The van der Waals surface area contributed by atoms with E-state index in [1.54, 1.807) is 38.1 Å². The van der Waals surface area contributed by atoms with Crippen LogP contribution in [0, 0.1) is 0 Å². The summed E-state index contributed by atoms with van der Waals surface area (Å²) in [5, 5.41) is 17.5. The highest BCUT2D eigenvalue weighted by molar-refractivity contribution is 6.08. The molecule has 3 aromatic rings. The van der Waals surface area contributed by atoms with Crippen LogP contribution in [-0.2, 0) is 32.4 Å².